The van der Waals surface area contributed by atoms with E-state index < -0.39 is 11.6 Å². The lowest BCUT2D eigenvalue weighted by Crippen LogP contribution is -1.94. The smallest absolute Gasteiger partial charge is 0.250 e. The number of fused-ring (bicyclic) bond motifs is 1. The van der Waals surface area contributed by atoms with Gasteiger partial charge in [0.05, 0.1) is 7.11 Å². The molecular weight excluding hydrogens is 189 g/mol. The SMILES string of the molecule is CO[13c]1nc2c(F)cccc2cc1F. The Balaban J connectivity index is 2.80. The highest BCUT2D eigenvalue weighted by Gasteiger charge is 2.08. The van der Waals surface area contributed by atoms with Crippen molar-refractivity contribution in [2.45, 2.75) is 0 Å². The maximum atomic E-state index is 13.2. The van der Waals surface area contributed by atoms with Gasteiger partial charge in [0.25, 0.3) is 5.88 Å². The normalized spacial score (nSPS) is 10.5. The molecule has 0 saturated heterocycles. The molecule has 2 nitrogen and oxygen atoms in total. The number of aromatic nitrogens is 1. The van der Waals surface area contributed by atoms with Crippen molar-refractivity contribution < 1.29 is 13.5 Å². The predicted octanol–water partition coefficient (Wildman–Crippen LogP) is 2.52. The molecule has 0 aliphatic heterocycles. The number of halogens is 2. The molecule has 2 aromatic rings. The molecular formula is C10H7F2NO. The Morgan fingerprint density at radius 1 is 1.21 bits per heavy atom. The minimum absolute atomic E-state index is 0.116. The van der Waals surface area contributed by atoms with Crippen LogP contribution in [0.2, 0.25) is 0 Å². The van der Waals surface area contributed by atoms with E-state index >= 15 is 0 Å². The van der Waals surface area contributed by atoms with Gasteiger partial charge in [-0.15, -0.1) is 0 Å². The third-order valence-electron chi connectivity index (χ3n) is 1.91. The minimum Gasteiger partial charge on any atom is -0.479 e. The fourth-order valence-electron chi connectivity index (χ4n) is 1.26. The summed E-state index contributed by atoms with van der Waals surface area (Å²) in [5, 5.41) is 0.420. The Bertz CT molecular complexity index is 485. The molecule has 0 amide bonds. The Labute approximate surface area is 79.1 Å². The van der Waals surface area contributed by atoms with Crippen LogP contribution in [0.1, 0.15) is 0 Å². The highest BCUT2D eigenvalue weighted by molar-refractivity contribution is 5.79. The van der Waals surface area contributed by atoms with E-state index in [1.807, 2.05) is 0 Å². The van der Waals surface area contributed by atoms with E-state index in [2.05, 4.69) is 9.72 Å². The largest absolute Gasteiger partial charge is 0.479 e. The maximum Gasteiger partial charge on any atom is 0.250 e. The summed E-state index contributed by atoms with van der Waals surface area (Å²) in [5.74, 6) is -1.27. The lowest BCUT2D eigenvalue weighted by Gasteiger charge is -2.03. The molecule has 72 valence electrons. The van der Waals surface area contributed by atoms with Crippen molar-refractivity contribution in [3.05, 3.63) is 35.9 Å². The van der Waals surface area contributed by atoms with Crippen molar-refractivity contribution >= 4 is 10.9 Å². The lowest BCUT2D eigenvalue weighted by atomic mass is 10.2. The van der Waals surface area contributed by atoms with Gasteiger partial charge in [-0.25, -0.2) is 13.8 Å². The number of methoxy groups -OCH3 is 1. The quantitative estimate of drug-likeness (QED) is 0.699. The number of benzene rings is 1. The molecule has 0 atom stereocenters. The van der Waals surface area contributed by atoms with Crippen LogP contribution in [0.4, 0.5) is 8.78 Å². The Morgan fingerprint density at radius 2 is 2.00 bits per heavy atom. The first kappa shape index (κ1) is 8.87. The van der Waals surface area contributed by atoms with E-state index in [4.69, 9.17) is 0 Å². The molecule has 1 aromatic carbocycles. The zero-order valence-corrected chi connectivity index (χ0v) is 7.42. The molecule has 14 heavy (non-hydrogen) atoms. The number of pyridine rings is 1. The number of hydrogen-bond donors (Lipinski definition) is 0. The summed E-state index contributed by atoms with van der Waals surface area (Å²) in [5.41, 5.74) is 0.116. The molecule has 1 aromatic heterocycles. The van der Waals surface area contributed by atoms with Crippen molar-refractivity contribution in [1.29, 1.82) is 0 Å². The van der Waals surface area contributed by atoms with Gasteiger partial charge in [-0.3, -0.25) is 0 Å². The van der Waals surface area contributed by atoms with Crippen molar-refractivity contribution in [3.63, 3.8) is 0 Å². The molecule has 0 spiro atoms. The standard InChI is InChI=1S/C10H7F2NO/c1-14-10-8(12)5-6-3-2-4-7(11)9(6)13-10/h2-5H,1H3/i10+1. The number of para-hydroxylation sites is 1. The molecule has 0 aliphatic carbocycles. The second-order valence-electron chi connectivity index (χ2n) is 2.79. The summed E-state index contributed by atoms with van der Waals surface area (Å²) >= 11 is 0. The summed E-state index contributed by atoms with van der Waals surface area (Å²) in [6.07, 6.45) is 0. The van der Waals surface area contributed by atoms with Crippen LogP contribution in [0.25, 0.3) is 10.9 Å². The van der Waals surface area contributed by atoms with E-state index in [9.17, 15) is 8.78 Å². The lowest BCUT2D eigenvalue weighted by molar-refractivity contribution is 0.371. The van der Waals surface area contributed by atoms with Gasteiger partial charge in [0.15, 0.2) is 5.82 Å². The highest BCUT2D eigenvalue weighted by Crippen LogP contribution is 2.22. The topological polar surface area (TPSA) is 22.1 Å². The molecule has 0 bridgehead atoms. The van der Waals surface area contributed by atoms with Crippen LogP contribution < -0.4 is 4.74 Å². The van der Waals surface area contributed by atoms with E-state index in [0.29, 0.717) is 5.39 Å². The highest BCUT2D eigenvalue weighted by atomic mass is 19.1. The zero-order valence-electron chi connectivity index (χ0n) is 7.42. The van der Waals surface area contributed by atoms with Gasteiger partial charge in [0.1, 0.15) is 11.3 Å². The maximum absolute atomic E-state index is 13.2. The Kier molecular flexibility index (Phi) is 2.04. The Hall–Kier alpha value is -1.71. The van der Waals surface area contributed by atoms with Crippen molar-refractivity contribution in [1.82, 2.24) is 4.98 Å². The number of hydrogen-bond acceptors (Lipinski definition) is 2. The fraction of sp³-hybridized carbons (Fsp3) is 0.100. The molecule has 2 rings (SSSR count). The third kappa shape index (κ3) is 1.28. The monoisotopic (exact) mass is 196 g/mol. The first-order chi connectivity index (χ1) is 6.72. The van der Waals surface area contributed by atoms with Gasteiger partial charge in [-0.05, 0) is 12.1 Å². The van der Waals surface area contributed by atoms with Gasteiger partial charge in [-0.2, -0.15) is 0 Å². The summed E-state index contributed by atoms with van der Waals surface area (Å²) < 4.78 is 31.0. The molecule has 4 heteroatoms. The van der Waals surface area contributed by atoms with E-state index in [-0.39, 0.29) is 11.4 Å². The van der Waals surface area contributed by atoms with Crippen LogP contribution in [0.5, 0.6) is 5.88 Å². The van der Waals surface area contributed by atoms with Crippen LogP contribution in [-0.2, 0) is 0 Å². The first-order valence-corrected chi connectivity index (χ1v) is 4.01. The molecule has 0 saturated carbocycles. The van der Waals surface area contributed by atoms with Crippen LogP contribution in [0, 0.1) is 11.6 Å². The molecule has 0 unspecified atom stereocenters. The average Bonchev–Trinajstić information content (AvgIpc) is 2.17. The zero-order chi connectivity index (χ0) is 10.1. The predicted molar refractivity (Wildman–Crippen MR) is 48.2 cm³/mol. The first-order valence-electron chi connectivity index (χ1n) is 4.01. The Morgan fingerprint density at radius 3 is 2.71 bits per heavy atom. The summed E-state index contributed by atoms with van der Waals surface area (Å²) in [7, 11) is 1.29. The third-order valence-corrected chi connectivity index (χ3v) is 1.91. The second-order valence-corrected chi connectivity index (χ2v) is 2.79. The van der Waals surface area contributed by atoms with E-state index in [1.54, 1.807) is 6.07 Å². The van der Waals surface area contributed by atoms with Gasteiger partial charge < -0.3 is 4.74 Å². The van der Waals surface area contributed by atoms with Gasteiger partial charge >= 0.3 is 0 Å². The van der Waals surface area contributed by atoms with Gasteiger partial charge in [-0.1, -0.05) is 12.1 Å². The van der Waals surface area contributed by atoms with Crippen molar-refractivity contribution in [2.24, 2.45) is 0 Å². The second kappa shape index (κ2) is 3.21. The summed E-state index contributed by atoms with van der Waals surface area (Å²) in [4.78, 5) is 3.72. The minimum atomic E-state index is -0.592. The van der Waals surface area contributed by atoms with E-state index in [0.717, 1.165) is 0 Å². The van der Waals surface area contributed by atoms with Crippen molar-refractivity contribution in [3.8, 4) is 5.88 Å². The number of nitrogens with zero attached hydrogens (tertiary/aromatic N) is 1. The molecule has 0 N–H and O–H groups in total. The van der Waals surface area contributed by atoms with Gasteiger partial charge in [0, 0.05) is 5.39 Å². The average molecular weight is 196 g/mol. The summed E-state index contributed by atoms with van der Waals surface area (Å²) in [6.45, 7) is 0. The molecule has 0 radical (unpaired) electrons. The van der Waals surface area contributed by atoms with Crippen molar-refractivity contribution in [2.75, 3.05) is 7.11 Å². The molecule has 0 aliphatic rings. The van der Waals surface area contributed by atoms with Crippen LogP contribution in [0.3, 0.4) is 0 Å². The summed E-state index contributed by atoms with van der Waals surface area (Å²) in [6, 6.07) is 5.57. The number of ether oxygens (including phenoxy) is 1. The van der Waals surface area contributed by atoms with E-state index in [1.165, 1.54) is 25.3 Å². The van der Waals surface area contributed by atoms with Crippen LogP contribution in [0.15, 0.2) is 24.3 Å². The van der Waals surface area contributed by atoms with Gasteiger partial charge in [0.2, 0.25) is 0 Å². The fourth-order valence-corrected chi connectivity index (χ4v) is 1.26. The number of rotatable bonds is 1. The molecule has 0 fully saturated rings. The van der Waals surface area contributed by atoms with Crippen LogP contribution >= 0.6 is 0 Å². The van der Waals surface area contributed by atoms with Crippen LogP contribution in [-0.4, -0.2) is 12.1 Å². The molecule has 1 heterocycles.